The van der Waals surface area contributed by atoms with Crippen molar-refractivity contribution in [3.63, 3.8) is 0 Å². The molecule has 0 radical (unpaired) electrons. The Morgan fingerprint density at radius 1 is 1.04 bits per heavy atom. The highest BCUT2D eigenvalue weighted by Crippen LogP contribution is 2.44. The first-order valence-electron chi connectivity index (χ1n) is 8.07. The number of aliphatic hydroxyl groups excluding tert-OH is 4. The van der Waals surface area contributed by atoms with E-state index < -0.39 is 42.9 Å². The number of aliphatic hydroxyl groups is 4. The van der Waals surface area contributed by atoms with Crippen molar-refractivity contribution < 1.29 is 43.8 Å². The summed E-state index contributed by atoms with van der Waals surface area (Å²) in [4.78, 5) is 11.5. The Hall–Kier alpha value is -2.37. The zero-order valence-corrected chi connectivity index (χ0v) is 14.6. The van der Waals surface area contributed by atoms with Crippen LogP contribution in [0, 0.1) is 0 Å². The van der Waals surface area contributed by atoms with Crippen LogP contribution in [-0.4, -0.2) is 72.0 Å². The molecule has 10 heteroatoms. The molecule has 0 bridgehead atoms. The molecule has 3 rings (SSSR count). The molecule has 0 aliphatic carbocycles. The zero-order valence-electron chi connectivity index (χ0n) is 14.6. The molecule has 4 N–H and O–H groups in total. The lowest BCUT2D eigenvalue weighted by atomic mass is 9.99. The first kappa shape index (κ1) is 19.4. The summed E-state index contributed by atoms with van der Waals surface area (Å²) < 4.78 is 26.7. The normalized spacial score (nSPS) is 28.1. The fourth-order valence-electron chi connectivity index (χ4n) is 2.89. The quantitative estimate of drug-likeness (QED) is 0.473. The van der Waals surface area contributed by atoms with E-state index in [0.717, 1.165) is 0 Å². The second kappa shape index (κ2) is 7.71. The number of ether oxygens (including phenoxy) is 4. The average molecular weight is 384 g/mol. The Bertz CT molecular complexity index is 861. The number of fused-ring (bicyclic) bond motifs is 1. The maximum atomic E-state index is 11.5. The number of benzene rings is 1. The van der Waals surface area contributed by atoms with E-state index in [4.69, 9.17) is 23.4 Å². The maximum Gasteiger partial charge on any atom is 0.336 e. The molecule has 0 spiro atoms. The van der Waals surface area contributed by atoms with E-state index in [1.54, 1.807) is 0 Å². The van der Waals surface area contributed by atoms with Crippen molar-refractivity contribution in [2.45, 2.75) is 30.7 Å². The third-order valence-corrected chi connectivity index (χ3v) is 4.31. The first-order valence-corrected chi connectivity index (χ1v) is 8.07. The Morgan fingerprint density at radius 3 is 2.41 bits per heavy atom. The van der Waals surface area contributed by atoms with Gasteiger partial charge in [-0.05, 0) is 6.07 Å². The summed E-state index contributed by atoms with van der Waals surface area (Å²) in [7, 11) is 2.74. The molecule has 10 nitrogen and oxygen atoms in total. The monoisotopic (exact) mass is 384 g/mol. The van der Waals surface area contributed by atoms with E-state index in [1.807, 2.05) is 0 Å². The van der Waals surface area contributed by atoms with E-state index in [0.29, 0.717) is 5.39 Å². The van der Waals surface area contributed by atoms with Gasteiger partial charge in [-0.3, -0.25) is 0 Å². The third-order valence-electron chi connectivity index (χ3n) is 4.31. The van der Waals surface area contributed by atoms with Gasteiger partial charge in [-0.15, -0.1) is 0 Å². The van der Waals surface area contributed by atoms with Gasteiger partial charge in [0.05, 0.1) is 26.2 Å². The van der Waals surface area contributed by atoms with Crippen LogP contribution < -0.4 is 19.8 Å². The maximum absolute atomic E-state index is 11.5. The van der Waals surface area contributed by atoms with Crippen LogP contribution in [0.4, 0.5) is 0 Å². The SMILES string of the molecule is COc1cc2oc(=O)ccc2c(O[C@@H]2O[C@H](CO)[C@@H](O)[C@H](O)[C@H]2O)c1OC. The fourth-order valence-corrected chi connectivity index (χ4v) is 2.89. The molecule has 1 aromatic carbocycles. The van der Waals surface area contributed by atoms with Crippen LogP contribution >= 0.6 is 0 Å². The Kier molecular flexibility index (Phi) is 5.53. The number of hydrogen-bond acceptors (Lipinski definition) is 10. The van der Waals surface area contributed by atoms with E-state index in [2.05, 4.69) is 0 Å². The van der Waals surface area contributed by atoms with Crippen molar-refractivity contribution in [3.05, 3.63) is 28.6 Å². The van der Waals surface area contributed by atoms with Crippen LogP contribution in [0.2, 0.25) is 0 Å². The van der Waals surface area contributed by atoms with Crippen molar-refractivity contribution in [1.82, 2.24) is 0 Å². The number of rotatable bonds is 5. The smallest absolute Gasteiger partial charge is 0.336 e. The van der Waals surface area contributed by atoms with Crippen LogP contribution in [0.3, 0.4) is 0 Å². The summed E-state index contributed by atoms with van der Waals surface area (Å²) in [5, 5.41) is 39.7. The van der Waals surface area contributed by atoms with Crippen LogP contribution in [0.15, 0.2) is 27.4 Å². The van der Waals surface area contributed by atoms with Gasteiger partial charge >= 0.3 is 5.63 Å². The van der Waals surface area contributed by atoms with Crippen molar-refractivity contribution in [2.24, 2.45) is 0 Å². The molecule has 5 atom stereocenters. The van der Waals surface area contributed by atoms with Crippen LogP contribution in [0.1, 0.15) is 0 Å². The van der Waals surface area contributed by atoms with Gasteiger partial charge in [0, 0.05) is 12.1 Å². The summed E-state index contributed by atoms with van der Waals surface area (Å²) in [6.45, 7) is -0.602. The van der Waals surface area contributed by atoms with Gasteiger partial charge in [0.1, 0.15) is 30.0 Å². The van der Waals surface area contributed by atoms with E-state index in [9.17, 15) is 25.2 Å². The average Bonchev–Trinajstić information content (AvgIpc) is 2.67. The highest BCUT2D eigenvalue weighted by Gasteiger charge is 2.45. The minimum atomic E-state index is -1.62. The van der Waals surface area contributed by atoms with Gasteiger partial charge in [0.15, 0.2) is 11.5 Å². The lowest BCUT2D eigenvalue weighted by molar-refractivity contribution is -0.277. The lowest BCUT2D eigenvalue weighted by Crippen LogP contribution is -2.60. The number of methoxy groups -OCH3 is 2. The van der Waals surface area contributed by atoms with Crippen LogP contribution in [0.5, 0.6) is 17.2 Å². The summed E-state index contributed by atoms with van der Waals surface area (Å²) in [5.74, 6) is 0.356. The molecule has 0 saturated carbocycles. The van der Waals surface area contributed by atoms with Gasteiger partial charge in [0.25, 0.3) is 0 Å². The van der Waals surface area contributed by atoms with Gasteiger partial charge in [-0.2, -0.15) is 0 Å². The predicted molar refractivity (Wildman–Crippen MR) is 90.0 cm³/mol. The van der Waals surface area contributed by atoms with Crippen LogP contribution in [-0.2, 0) is 4.74 Å². The summed E-state index contributed by atoms with van der Waals surface area (Å²) in [6, 6.07) is 4.05. The standard InChI is InChI=1S/C17H20O10/c1-23-9-5-8-7(3-4-11(19)25-8)15(16(9)24-2)27-17-14(22)13(21)12(20)10(6-18)26-17/h3-5,10,12-14,17-18,20-22H,6H2,1-2H3/t10-,12-,13+,14-,17+/m1/s1. The minimum absolute atomic E-state index is 0.0277. The topological polar surface area (TPSA) is 148 Å². The highest BCUT2D eigenvalue weighted by atomic mass is 16.7. The largest absolute Gasteiger partial charge is 0.493 e. The molecule has 1 aromatic heterocycles. The molecular formula is C17H20O10. The molecule has 1 aliphatic heterocycles. The zero-order chi connectivity index (χ0) is 19.7. The van der Waals surface area contributed by atoms with Gasteiger partial charge in [-0.1, -0.05) is 0 Å². The highest BCUT2D eigenvalue weighted by molar-refractivity contribution is 5.89. The molecule has 0 amide bonds. The van der Waals surface area contributed by atoms with Gasteiger partial charge < -0.3 is 43.8 Å². The van der Waals surface area contributed by atoms with Crippen molar-refractivity contribution in [2.75, 3.05) is 20.8 Å². The summed E-state index contributed by atoms with van der Waals surface area (Å²) in [5.41, 5.74) is -0.451. The van der Waals surface area contributed by atoms with Gasteiger partial charge in [0.2, 0.25) is 12.0 Å². The molecule has 2 aromatic rings. The molecule has 1 saturated heterocycles. The van der Waals surface area contributed by atoms with Gasteiger partial charge in [-0.25, -0.2) is 4.79 Å². The van der Waals surface area contributed by atoms with E-state index >= 15 is 0 Å². The van der Waals surface area contributed by atoms with E-state index in [-0.39, 0.29) is 22.8 Å². The second-order valence-electron chi connectivity index (χ2n) is 5.92. The molecule has 0 unspecified atom stereocenters. The Labute approximate surface area is 153 Å². The molecule has 1 fully saturated rings. The number of hydrogen-bond donors (Lipinski definition) is 4. The third kappa shape index (κ3) is 3.45. The predicted octanol–water partition coefficient (Wildman–Crippen LogP) is -1.01. The summed E-state index contributed by atoms with van der Waals surface area (Å²) in [6.07, 6.45) is -7.34. The second-order valence-corrected chi connectivity index (χ2v) is 5.92. The van der Waals surface area contributed by atoms with Crippen molar-refractivity contribution >= 4 is 11.0 Å². The molecular weight excluding hydrogens is 364 g/mol. The Balaban J connectivity index is 2.08. The molecule has 148 valence electrons. The molecule has 27 heavy (non-hydrogen) atoms. The summed E-state index contributed by atoms with van der Waals surface area (Å²) >= 11 is 0. The van der Waals surface area contributed by atoms with Crippen molar-refractivity contribution in [3.8, 4) is 17.2 Å². The Morgan fingerprint density at radius 2 is 1.78 bits per heavy atom. The lowest BCUT2D eigenvalue weighted by Gasteiger charge is -2.39. The van der Waals surface area contributed by atoms with E-state index in [1.165, 1.54) is 32.4 Å². The molecule has 1 aliphatic rings. The fraction of sp³-hybridized carbons (Fsp3) is 0.471. The van der Waals surface area contributed by atoms with Crippen LogP contribution in [0.25, 0.3) is 11.0 Å². The minimum Gasteiger partial charge on any atom is -0.493 e. The first-order chi connectivity index (χ1) is 12.9. The van der Waals surface area contributed by atoms with Crippen molar-refractivity contribution in [1.29, 1.82) is 0 Å². The molecule has 2 heterocycles.